The molecule has 2 aliphatic rings. The van der Waals surface area contributed by atoms with E-state index in [2.05, 4.69) is 39.2 Å². The van der Waals surface area contributed by atoms with Gasteiger partial charge in [-0.15, -0.1) is 0 Å². The highest BCUT2D eigenvalue weighted by Gasteiger charge is 2.23. The van der Waals surface area contributed by atoms with E-state index in [0.717, 1.165) is 50.1 Å². The Labute approximate surface area is 163 Å². The SMILES string of the molecule is CCN1CCCC(CNC(=NC)N2CCc3cc(OC)c(OC)cc3C2)C1. The smallest absolute Gasteiger partial charge is 0.193 e. The van der Waals surface area contributed by atoms with Crippen LogP contribution in [0.25, 0.3) is 0 Å². The monoisotopic (exact) mass is 374 g/mol. The lowest BCUT2D eigenvalue weighted by Gasteiger charge is -2.35. The maximum absolute atomic E-state index is 5.48. The summed E-state index contributed by atoms with van der Waals surface area (Å²) in [5.74, 6) is 3.31. The van der Waals surface area contributed by atoms with Crippen LogP contribution in [-0.2, 0) is 13.0 Å². The summed E-state index contributed by atoms with van der Waals surface area (Å²) >= 11 is 0. The third kappa shape index (κ3) is 4.67. The number of hydrogen-bond acceptors (Lipinski definition) is 4. The van der Waals surface area contributed by atoms with Crippen LogP contribution in [0.1, 0.15) is 30.9 Å². The number of hydrogen-bond donors (Lipinski definition) is 1. The molecule has 1 N–H and O–H groups in total. The summed E-state index contributed by atoms with van der Waals surface area (Å²) in [5, 5.41) is 3.63. The predicted molar refractivity (Wildman–Crippen MR) is 110 cm³/mol. The third-order valence-corrected chi connectivity index (χ3v) is 5.83. The molecule has 2 heterocycles. The molecule has 0 aliphatic carbocycles. The van der Waals surface area contributed by atoms with Crippen molar-refractivity contribution < 1.29 is 9.47 Å². The summed E-state index contributed by atoms with van der Waals surface area (Å²) in [7, 11) is 5.26. The Morgan fingerprint density at radius 2 is 1.93 bits per heavy atom. The molecule has 1 aromatic rings. The number of rotatable bonds is 5. The van der Waals surface area contributed by atoms with Gasteiger partial charge < -0.3 is 24.6 Å². The third-order valence-electron chi connectivity index (χ3n) is 5.83. The van der Waals surface area contributed by atoms with Crippen LogP contribution in [0.4, 0.5) is 0 Å². The lowest BCUT2D eigenvalue weighted by Crippen LogP contribution is -2.47. The number of fused-ring (bicyclic) bond motifs is 1. The van der Waals surface area contributed by atoms with Gasteiger partial charge >= 0.3 is 0 Å². The number of likely N-dealkylation sites (tertiary alicyclic amines) is 1. The molecule has 6 heteroatoms. The van der Waals surface area contributed by atoms with Gasteiger partial charge in [-0.1, -0.05) is 6.92 Å². The molecule has 1 unspecified atom stereocenters. The molecule has 0 saturated carbocycles. The fraction of sp³-hybridized carbons (Fsp3) is 0.667. The molecule has 1 fully saturated rings. The highest BCUT2D eigenvalue weighted by Crippen LogP contribution is 2.33. The Bertz CT molecular complexity index is 662. The van der Waals surface area contributed by atoms with Crippen LogP contribution in [0, 0.1) is 5.92 Å². The van der Waals surface area contributed by atoms with E-state index in [1.807, 2.05) is 7.05 Å². The van der Waals surface area contributed by atoms with Gasteiger partial charge in [0.05, 0.1) is 14.2 Å². The fourth-order valence-electron chi connectivity index (χ4n) is 4.24. The number of ether oxygens (including phenoxy) is 2. The molecule has 27 heavy (non-hydrogen) atoms. The van der Waals surface area contributed by atoms with Gasteiger partial charge in [-0.25, -0.2) is 0 Å². The first-order valence-corrected chi connectivity index (χ1v) is 10.1. The standard InChI is InChI=1S/C21H34N4O2/c1-5-24-9-6-7-16(14-24)13-23-21(22-2)25-10-8-17-11-19(26-3)20(27-4)12-18(17)15-25/h11-12,16H,5-10,13-15H2,1-4H3,(H,22,23). The number of piperidine rings is 1. The van der Waals surface area contributed by atoms with Crippen molar-refractivity contribution in [2.45, 2.75) is 32.7 Å². The van der Waals surface area contributed by atoms with Crippen LogP contribution in [0.5, 0.6) is 11.5 Å². The molecule has 6 nitrogen and oxygen atoms in total. The van der Waals surface area contributed by atoms with Gasteiger partial charge in [0.15, 0.2) is 17.5 Å². The largest absolute Gasteiger partial charge is 0.493 e. The first-order chi connectivity index (χ1) is 13.2. The van der Waals surface area contributed by atoms with Crippen molar-refractivity contribution in [1.82, 2.24) is 15.1 Å². The van der Waals surface area contributed by atoms with Gasteiger partial charge in [0.1, 0.15) is 0 Å². The number of benzene rings is 1. The lowest BCUT2D eigenvalue weighted by molar-refractivity contribution is 0.182. The van der Waals surface area contributed by atoms with E-state index in [1.54, 1.807) is 14.2 Å². The fourth-order valence-corrected chi connectivity index (χ4v) is 4.24. The zero-order valence-electron chi connectivity index (χ0n) is 17.3. The maximum atomic E-state index is 5.48. The zero-order chi connectivity index (χ0) is 19.2. The number of nitrogens with zero attached hydrogens (tertiary/aromatic N) is 3. The quantitative estimate of drug-likeness (QED) is 0.633. The summed E-state index contributed by atoms with van der Waals surface area (Å²) < 4.78 is 10.9. The van der Waals surface area contributed by atoms with Crippen LogP contribution < -0.4 is 14.8 Å². The van der Waals surface area contributed by atoms with E-state index in [1.165, 1.54) is 37.1 Å². The van der Waals surface area contributed by atoms with Crippen LogP contribution in [0.3, 0.4) is 0 Å². The molecule has 0 spiro atoms. The molecule has 150 valence electrons. The average molecular weight is 375 g/mol. The Morgan fingerprint density at radius 1 is 1.19 bits per heavy atom. The number of nitrogens with one attached hydrogen (secondary N) is 1. The van der Waals surface area contributed by atoms with Gasteiger partial charge in [0, 0.05) is 33.2 Å². The highest BCUT2D eigenvalue weighted by atomic mass is 16.5. The van der Waals surface area contributed by atoms with Crippen molar-refractivity contribution in [2.24, 2.45) is 10.9 Å². The molecule has 2 aliphatic heterocycles. The minimum Gasteiger partial charge on any atom is -0.493 e. The molecule has 3 rings (SSSR count). The molecule has 0 radical (unpaired) electrons. The lowest BCUT2D eigenvalue weighted by atomic mass is 9.98. The highest BCUT2D eigenvalue weighted by molar-refractivity contribution is 5.80. The molecule has 0 aromatic heterocycles. The average Bonchev–Trinajstić information content (AvgIpc) is 2.73. The van der Waals surface area contributed by atoms with Crippen molar-refractivity contribution in [3.05, 3.63) is 23.3 Å². The first-order valence-electron chi connectivity index (χ1n) is 10.1. The van der Waals surface area contributed by atoms with Gasteiger partial charge in [-0.3, -0.25) is 4.99 Å². The minimum atomic E-state index is 0.705. The van der Waals surface area contributed by atoms with Gasteiger partial charge in [-0.05, 0) is 61.5 Å². The number of methoxy groups -OCH3 is 2. The Balaban J connectivity index is 1.62. The van der Waals surface area contributed by atoms with Crippen LogP contribution in [0.15, 0.2) is 17.1 Å². The number of aliphatic imine (C=N–C) groups is 1. The minimum absolute atomic E-state index is 0.705. The summed E-state index contributed by atoms with van der Waals surface area (Å²) in [6.45, 7) is 8.66. The maximum Gasteiger partial charge on any atom is 0.193 e. The number of guanidine groups is 1. The van der Waals surface area contributed by atoms with Crippen LogP contribution in [-0.4, -0.2) is 69.8 Å². The topological polar surface area (TPSA) is 49.3 Å². The normalized spacial score (nSPS) is 21.0. The van der Waals surface area contributed by atoms with E-state index in [9.17, 15) is 0 Å². The summed E-state index contributed by atoms with van der Waals surface area (Å²) in [6, 6.07) is 4.22. The summed E-state index contributed by atoms with van der Waals surface area (Å²) in [4.78, 5) is 9.44. The molecular formula is C21H34N4O2. The van der Waals surface area contributed by atoms with Crippen molar-refractivity contribution in [3.63, 3.8) is 0 Å². The van der Waals surface area contributed by atoms with Gasteiger partial charge in [0.2, 0.25) is 0 Å². The van der Waals surface area contributed by atoms with E-state index >= 15 is 0 Å². The van der Waals surface area contributed by atoms with Crippen molar-refractivity contribution >= 4 is 5.96 Å². The second kappa shape index (κ2) is 9.31. The van der Waals surface area contributed by atoms with E-state index in [0.29, 0.717) is 5.92 Å². The molecule has 1 saturated heterocycles. The van der Waals surface area contributed by atoms with Crippen molar-refractivity contribution in [1.29, 1.82) is 0 Å². The Morgan fingerprint density at radius 3 is 2.59 bits per heavy atom. The molecule has 0 amide bonds. The second-order valence-corrected chi connectivity index (χ2v) is 7.48. The predicted octanol–water partition coefficient (Wildman–Crippen LogP) is 2.37. The van der Waals surface area contributed by atoms with E-state index < -0.39 is 0 Å². The molecule has 0 bridgehead atoms. The zero-order valence-corrected chi connectivity index (χ0v) is 17.3. The second-order valence-electron chi connectivity index (χ2n) is 7.48. The first kappa shape index (κ1) is 19.8. The van der Waals surface area contributed by atoms with E-state index in [-0.39, 0.29) is 0 Å². The van der Waals surface area contributed by atoms with Crippen molar-refractivity contribution in [2.75, 3.05) is 54.0 Å². The van der Waals surface area contributed by atoms with Crippen molar-refractivity contribution in [3.8, 4) is 11.5 Å². The molecular weight excluding hydrogens is 340 g/mol. The van der Waals surface area contributed by atoms with Crippen LogP contribution in [0.2, 0.25) is 0 Å². The van der Waals surface area contributed by atoms with E-state index in [4.69, 9.17) is 9.47 Å². The molecule has 1 atom stereocenters. The Hall–Kier alpha value is -1.95. The van der Waals surface area contributed by atoms with Crippen LogP contribution >= 0.6 is 0 Å². The molecule has 1 aromatic carbocycles. The summed E-state index contributed by atoms with van der Waals surface area (Å²) in [6.07, 6.45) is 3.60. The Kier molecular flexibility index (Phi) is 6.83. The van der Waals surface area contributed by atoms with Gasteiger partial charge in [-0.2, -0.15) is 0 Å². The van der Waals surface area contributed by atoms with Gasteiger partial charge in [0.25, 0.3) is 0 Å². The summed E-state index contributed by atoms with van der Waals surface area (Å²) in [5.41, 5.74) is 2.63.